The topological polar surface area (TPSA) is 38.8 Å². The molecule has 0 aliphatic carbocycles. The quantitative estimate of drug-likeness (QED) is 0.892. The van der Waals surface area contributed by atoms with E-state index in [0.29, 0.717) is 0 Å². The maximum Gasteiger partial charge on any atom is 0.321 e. The molecule has 2 fully saturated rings. The van der Waals surface area contributed by atoms with Gasteiger partial charge < -0.3 is 15.1 Å². The Kier molecular flexibility index (Phi) is 5.41. The lowest BCUT2D eigenvalue weighted by molar-refractivity contribution is 0.143. The fourth-order valence-corrected chi connectivity index (χ4v) is 4.49. The van der Waals surface area contributed by atoms with Crippen LogP contribution < -0.4 is 10.2 Å². The van der Waals surface area contributed by atoms with Crippen molar-refractivity contribution in [2.24, 2.45) is 0 Å². The van der Waals surface area contributed by atoms with Gasteiger partial charge in [-0.2, -0.15) is 0 Å². The van der Waals surface area contributed by atoms with Crippen LogP contribution in [0.25, 0.3) is 0 Å². The van der Waals surface area contributed by atoms with Gasteiger partial charge in [-0.3, -0.25) is 4.90 Å². The van der Waals surface area contributed by atoms with Gasteiger partial charge in [-0.15, -0.1) is 11.3 Å². The zero-order valence-corrected chi connectivity index (χ0v) is 15.9. The number of carbonyl (C=O) groups excluding carboxylic acids is 1. The molecule has 2 aliphatic rings. The largest absolute Gasteiger partial charge is 0.370 e. The van der Waals surface area contributed by atoms with Crippen LogP contribution in [-0.4, -0.2) is 55.1 Å². The van der Waals surface area contributed by atoms with Gasteiger partial charge in [-0.25, -0.2) is 4.79 Å². The Morgan fingerprint density at radius 1 is 0.962 bits per heavy atom. The fraction of sp³-hybridized carbons (Fsp3) is 0.450. The molecule has 0 spiro atoms. The Hall–Kier alpha value is -2.05. The van der Waals surface area contributed by atoms with Gasteiger partial charge in [-0.1, -0.05) is 18.2 Å². The molecule has 2 aromatic rings. The highest BCUT2D eigenvalue weighted by Gasteiger charge is 2.23. The second kappa shape index (κ2) is 8.10. The van der Waals surface area contributed by atoms with Crippen LogP contribution in [-0.2, 0) is 6.54 Å². The molecule has 6 heteroatoms. The number of urea groups is 1. The highest BCUT2D eigenvalue weighted by molar-refractivity contribution is 7.09. The maximum atomic E-state index is 12.7. The Labute approximate surface area is 159 Å². The number of carbonyl (C=O) groups is 1. The summed E-state index contributed by atoms with van der Waals surface area (Å²) in [6.45, 7) is 6.57. The molecular formula is C20H26N4OS. The minimum absolute atomic E-state index is 0.0208. The van der Waals surface area contributed by atoms with Crippen molar-refractivity contribution in [3.05, 3.63) is 46.7 Å². The molecule has 0 bridgehead atoms. The van der Waals surface area contributed by atoms with Crippen molar-refractivity contribution in [2.75, 3.05) is 49.5 Å². The van der Waals surface area contributed by atoms with Crippen LogP contribution in [0.1, 0.15) is 17.7 Å². The number of nitrogens with zero attached hydrogens (tertiary/aromatic N) is 3. The number of thiophene rings is 1. The molecule has 3 heterocycles. The molecule has 2 saturated heterocycles. The summed E-state index contributed by atoms with van der Waals surface area (Å²) in [6, 6.07) is 12.5. The summed E-state index contributed by atoms with van der Waals surface area (Å²) in [7, 11) is 0. The Balaban J connectivity index is 1.33. The predicted octanol–water partition coefficient (Wildman–Crippen LogP) is 3.70. The van der Waals surface area contributed by atoms with Crippen LogP contribution >= 0.6 is 11.3 Å². The molecular weight excluding hydrogens is 344 g/mol. The summed E-state index contributed by atoms with van der Waals surface area (Å²) < 4.78 is 0. The third-order valence-electron chi connectivity index (χ3n) is 5.21. The zero-order valence-electron chi connectivity index (χ0n) is 15.1. The van der Waals surface area contributed by atoms with Gasteiger partial charge in [0.15, 0.2) is 0 Å². The van der Waals surface area contributed by atoms with E-state index in [0.717, 1.165) is 57.2 Å². The van der Waals surface area contributed by atoms with E-state index in [-0.39, 0.29) is 6.03 Å². The van der Waals surface area contributed by atoms with Gasteiger partial charge in [0.2, 0.25) is 0 Å². The lowest BCUT2D eigenvalue weighted by Crippen LogP contribution is -2.49. The van der Waals surface area contributed by atoms with Crippen LogP contribution in [0, 0.1) is 0 Å². The second-order valence-corrected chi connectivity index (χ2v) is 8.02. The normalized spacial score (nSPS) is 18.3. The predicted molar refractivity (Wildman–Crippen MR) is 108 cm³/mol. The molecule has 0 radical (unpaired) electrons. The van der Waals surface area contributed by atoms with E-state index < -0.39 is 0 Å². The second-order valence-electron chi connectivity index (χ2n) is 6.98. The van der Waals surface area contributed by atoms with Crippen molar-refractivity contribution in [1.29, 1.82) is 0 Å². The summed E-state index contributed by atoms with van der Waals surface area (Å²) in [5.74, 6) is 0. The minimum atomic E-state index is 0.0208. The third-order valence-corrected chi connectivity index (χ3v) is 6.07. The van der Waals surface area contributed by atoms with Crippen LogP contribution in [0.4, 0.5) is 16.2 Å². The fourth-order valence-electron chi connectivity index (χ4n) is 3.74. The molecule has 2 amide bonds. The number of anilines is 2. The molecule has 2 aliphatic heterocycles. The Bertz CT molecular complexity index is 719. The van der Waals surface area contributed by atoms with E-state index >= 15 is 0 Å². The van der Waals surface area contributed by atoms with Crippen molar-refractivity contribution < 1.29 is 4.79 Å². The first kappa shape index (κ1) is 17.4. The molecule has 26 heavy (non-hydrogen) atoms. The third kappa shape index (κ3) is 4.02. The lowest BCUT2D eigenvalue weighted by Gasteiger charge is -2.34. The van der Waals surface area contributed by atoms with Crippen LogP contribution in [0.15, 0.2) is 41.8 Å². The molecule has 1 N–H and O–H groups in total. The number of amides is 2. The molecule has 0 unspecified atom stereocenters. The first-order valence-corrected chi connectivity index (χ1v) is 10.3. The molecule has 0 atom stereocenters. The highest BCUT2D eigenvalue weighted by atomic mass is 32.1. The van der Waals surface area contributed by atoms with Gasteiger partial charge in [0, 0.05) is 50.7 Å². The molecule has 4 rings (SSSR count). The maximum absolute atomic E-state index is 12.7. The summed E-state index contributed by atoms with van der Waals surface area (Å²) in [6.07, 6.45) is 2.46. The summed E-state index contributed by atoms with van der Waals surface area (Å²) in [5.41, 5.74) is 2.08. The Morgan fingerprint density at radius 2 is 1.73 bits per heavy atom. The number of rotatable bonds is 4. The van der Waals surface area contributed by atoms with E-state index in [9.17, 15) is 4.79 Å². The van der Waals surface area contributed by atoms with Crippen molar-refractivity contribution >= 4 is 28.7 Å². The van der Waals surface area contributed by atoms with E-state index in [1.54, 1.807) is 11.3 Å². The first-order valence-electron chi connectivity index (χ1n) is 9.44. The molecule has 5 nitrogen and oxygen atoms in total. The monoisotopic (exact) mass is 370 g/mol. The number of nitrogens with one attached hydrogen (secondary N) is 1. The van der Waals surface area contributed by atoms with Crippen LogP contribution in [0.2, 0.25) is 0 Å². The van der Waals surface area contributed by atoms with Gasteiger partial charge in [-0.05, 0) is 36.4 Å². The Morgan fingerprint density at radius 3 is 2.46 bits per heavy atom. The van der Waals surface area contributed by atoms with Crippen molar-refractivity contribution in [3.8, 4) is 0 Å². The molecule has 0 saturated carbocycles. The smallest absolute Gasteiger partial charge is 0.321 e. The number of benzene rings is 1. The SMILES string of the molecule is O=C(Nc1ccccc1N1CCCC1)N1CCN(Cc2cccs2)CC1. The van der Waals surface area contributed by atoms with E-state index in [4.69, 9.17) is 0 Å². The van der Waals surface area contributed by atoms with E-state index in [1.807, 2.05) is 23.1 Å². The number of hydrogen-bond donors (Lipinski definition) is 1. The van der Waals surface area contributed by atoms with Crippen molar-refractivity contribution in [3.63, 3.8) is 0 Å². The lowest BCUT2D eigenvalue weighted by atomic mass is 10.2. The van der Waals surface area contributed by atoms with E-state index in [1.165, 1.54) is 17.7 Å². The van der Waals surface area contributed by atoms with Crippen LogP contribution in [0.3, 0.4) is 0 Å². The molecule has 1 aromatic carbocycles. The van der Waals surface area contributed by atoms with Gasteiger partial charge in [0.1, 0.15) is 0 Å². The van der Waals surface area contributed by atoms with Gasteiger partial charge in [0.25, 0.3) is 0 Å². The zero-order chi connectivity index (χ0) is 17.8. The molecule has 1 aromatic heterocycles. The van der Waals surface area contributed by atoms with Crippen LogP contribution in [0.5, 0.6) is 0 Å². The number of para-hydroxylation sites is 2. The average molecular weight is 371 g/mol. The number of hydrogen-bond acceptors (Lipinski definition) is 4. The minimum Gasteiger partial charge on any atom is -0.370 e. The standard InChI is InChI=1S/C20H26N4OS/c25-20(21-18-7-1-2-8-19(18)23-9-3-4-10-23)24-13-11-22(12-14-24)16-17-6-5-15-26-17/h1-2,5-8,15H,3-4,9-14,16H2,(H,21,25). The summed E-state index contributed by atoms with van der Waals surface area (Å²) >= 11 is 1.80. The summed E-state index contributed by atoms with van der Waals surface area (Å²) in [5, 5.41) is 5.27. The average Bonchev–Trinajstić information content (AvgIpc) is 3.37. The number of piperazine rings is 1. The van der Waals surface area contributed by atoms with Crippen molar-refractivity contribution in [1.82, 2.24) is 9.80 Å². The summed E-state index contributed by atoms with van der Waals surface area (Å²) in [4.78, 5) is 20.9. The van der Waals surface area contributed by atoms with Gasteiger partial charge >= 0.3 is 6.03 Å². The van der Waals surface area contributed by atoms with E-state index in [2.05, 4.69) is 38.7 Å². The van der Waals surface area contributed by atoms with Gasteiger partial charge in [0.05, 0.1) is 11.4 Å². The highest BCUT2D eigenvalue weighted by Crippen LogP contribution is 2.29. The van der Waals surface area contributed by atoms with Crippen molar-refractivity contribution in [2.45, 2.75) is 19.4 Å². The molecule has 138 valence electrons. The first-order chi connectivity index (χ1) is 12.8.